The summed E-state index contributed by atoms with van der Waals surface area (Å²) in [5, 5.41) is 10.8. The molecule has 1 aromatic heterocycles. The molecule has 4 rings (SSSR count). The van der Waals surface area contributed by atoms with E-state index in [2.05, 4.69) is 46.1 Å². The molecule has 1 aliphatic rings. The number of benzene rings is 2. The smallest absolute Gasteiger partial charge is 0.248 e. The van der Waals surface area contributed by atoms with Gasteiger partial charge in [0.05, 0.1) is 7.11 Å². The fourth-order valence-electron chi connectivity index (χ4n) is 3.89. The summed E-state index contributed by atoms with van der Waals surface area (Å²) >= 11 is 0. The number of aromatic nitrogens is 2. The second kappa shape index (κ2) is 8.49. The van der Waals surface area contributed by atoms with Crippen molar-refractivity contribution >= 4 is 5.91 Å². The topological polar surface area (TPSA) is 68.2 Å². The molecule has 150 valence electrons. The van der Waals surface area contributed by atoms with Crippen molar-refractivity contribution in [3.63, 3.8) is 0 Å². The Morgan fingerprint density at radius 1 is 1.14 bits per heavy atom. The molecule has 2 aromatic carbocycles. The van der Waals surface area contributed by atoms with Gasteiger partial charge in [-0.2, -0.15) is 5.10 Å². The third-order valence-electron chi connectivity index (χ3n) is 5.61. The van der Waals surface area contributed by atoms with Crippen molar-refractivity contribution < 1.29 is 9.53 Å². The molecule has 1 saturated heterocycles. The van der Waals surface area contributed by atoms with Gasteiger partial charge in [-0.25, -0.2) is 0 Å². The van der Waals surface area contributed by atoms with Crippen LogP contribution in [0.1, 0.15) is 18.4 Å². The standard InChI is InChI=1S/C23H26N4O2/c1-29-21-5-2-4-20(16-21)19-8-6-18(7-9-19)17-25-22(28)23(10-13-24-14-11-23)27-15-3-12-26-27/h2-9,12,15-16,24H,10-11,13-14,17H2,1H3,(H,25,28). The van der Waals surface area contributed by atoms with Gasteiger partial charge in [-0.05, 0) is 60.8 Å². The van der Waals surface area contributed by atoms with E-state index in [0.29, 0.717) is 6.54 Å². The van der Waals surface area contributed by atoms with Crippen LogP contribution in [0.4, 0.5) is 0 Å². The van der Waals surface area contributed by atoms with E-state index in [0.717, 1.165) is 48.4 Å². The summed E-state index contributed by atoms with van der Waals surface area (Å²) in [5.41, 5.74) is 2.67. The first kappa shape index (κ1) is 19.2. The monoisotopic (exact) mass is 390 g/mol. The SMILES string of the molecule is COc1cccc(-c2ccc(CNC(=O)C3(n4cccn4)CCNCC3)cc2)c1. The first-order chi connectivity index (χ1) is 14.2. The van der Waals surface area contributed by atoms with Crippen LogP contribution in [-0.2, 0) is 16.9 Å². The molecule has 0 saturated carbocycles. The molecule has 1 amide bonds. The zero-order chi connectivity index (χ0) is 20.1. The number of nitrogens with zero attached hydrogens (tertiary/aromatic N) is 2. The second-order valence-corrected chi connectivity index (χ2v) is 7.34. The lowest BCUT2D eigenvalue weighted by Crippen LogP contribution is -2.54. The van der Waals surface area contributed by atoms with Crippen molar-refractivity contribution in [1.29, 1.82) is 0 Å². The lowest BCUT2D eigenvalue weighted by atomic mass is 9.87. The molecule has 0 bridgehead atoms. The van der Waals surface area contributed by atoms with Crippen molar-refractivity contribution in [3.8, 4) is 16.9 Å². The van der Waals surface area contributed by atoms with Crippen molar-refractivity contribution in [2.75, 3.05) is 20.2 Å². The number of amides is 1. The zero-order valence-electron chi connectivity index (χ0n) is 16.6. The molecule has 0 spiro atoms. The third kappa shape index (κ3) is 4.03. The highest BCUT2D eigenvalue weighted by Gasteiger charge is 2.41. The van der Waals surface area contributed by atoms with Gasteiger partial charge in [-0.3, -0.25) is 9.48 Å². The molecule has 1 fully saturated rings. The highest BCUT2D eigenvalue weighted by Crippen LogP contribution is 2.28. The molecular weight excluding hydrogens is 364 g/mol. The van der Waals surface area contributed by atoms with Crippen LogP contribution in [0.5, 0.6) is 5.75 Å². The van der Waals surface area contributed by atoms with Gasteiger partial charge in [0, 0.05) is 18.9 Å². The van der Waals surface area contributed by atoms with E-state index in [9.17, 15) is 4.79 Å². The molecule has 6 nitrogen and oxygen atoms in total. The zero-order valence-corrected chi connectivity index (χ0v) is 16.6. The number of nitrogens with one attached hydrogen (secondary N) is 2. The Hall–Kier alpha value is -3.12. The molecule has 3 aromatic rings. The predicted octanol–water partition coefficient (Wildman–Crippen LogP) is 2.95. The molecule has 6 heteroatoms. The Bertz CT molecular complexity index is 945. The predicted molar refractivity (Wildman–Crippen MR) is 113 cm³/mol. The largest absolute Gasteiger partial charge is 0.497 e. The molecule has 29 heavy (non-hydrogen) atoms. The Morgan fingerprint density at radius 2 is 1.93 bits per heavy atom. The molecular formula is C23H26N4O2. The van der Waals surface area contributed by atoms with Crippen LogP contribution in [-0.4, -0.2) is 35.9 Å². The average molecular weight is 390 g/mol. The van der Waals surface area contributed by atoms with Gasteiger partial charge < -0.3 is 15.4 Å². The Kier molecular flexibility index (Phi) is 5.62. The summed E-state index contributed by atoms with van der Waals surface area (Å²) in [5.74, 6) is 0.865. The van der Waals surface area contributed by atoms with E-state index in [-0.39, 0.29) is 5.91 Å². The summed E-state index contributed by atoms with van der Waals surface area (Å²) in [6, 6.07) is 18.1. The number of methoxy groups -OCH3 is 1. The number of hydrogen-bond donors (Lipinski definition) is 2. The lowest BCUT2D eigenvalue weighted by Gasteiger charge is -2.36. The maximum absolute atomic E-state index is 13.1. The van der Waals surface area contributed by atoms with E-state index in [1.807, 2.05) is 35.1 Å². The van der Waals surface area contributed by atoms with Crippen molar-refractivity contribution in [2.24, 2.45) is 0 Å². The van der Waals surface area contributed by atoms with E-state index < -0.39 is 5.54 Å². The maximum atomic E-state index is 13.1. The number of piperidine rings is 1. The summed E-state index contributed by atoms with van der Waals surface area (Å²) in [6.07, 6.45) is 5.08. The van der Waals surface area contributed by atoms with Crippen LogP contribution in [0.3, 0.4) is 0 Å². The Labute approximate surface area is 170 Å². The van der Waals surface area contributed by atoms with Gasteiger partial charge in [0.15, 0.2) is 0 Å². The first-order valence-corrected chi connectivity index (χ1v) is 9.94. The minimum absolute atomic E-state index is 0.0274. The van der Waals surface area contributed by atoms with E-state index >= 15 is 0 Å². The van der Waals surface area contributed by atoms with Crippen LogP contribution in [0.15, 0.2) is 67.0 Å². The van der Waals surface area contributed by atoms with Crippen molar-refractivity contribution in [1.82, 2.24) is 20.4 Å². The molecule has 0 radical (unpaired) electrons. The van der Waals surface area contributed by atoms with Crippen LogP contribution < -0.4 is 15.4 Å². The molecule has 2 heterocycles. The molecule has 1 aliphatic heterocycles. The van der Waals surface area contributed by atoms with E-state index in [1.165, 1.54) is 0 Å². The highest BCUT2D eigenvalue weighted by molar-refractivity contribution is 5.84. The number of hydrogen-bond acceptors (Lipinski definition) is 4. The Morgan fingerprint density at radius 3 is 2.62 bits per heavy atom. The van der Waals surface area contributed by atoms with Gasteiger partial charge in [0.1, 0.15) is 11.3 Å². The second-order valence-electron chi connectivity index (χ2n) is 7.34. The number of carbonyl (C=O) groups is 1. The fraction of sp³-hybridized carbons (Fsp3) is 0.304. The van der Waals surface area contributed by atoms with Crippen molar-refractivity contribution in [3.05, 3.63) is 72.6 Å². The average Bonchev–Trinajstić information content (AvgIpc) is 3.34. The minimum Gasteiger partial charge on any atom is -0.497 e. The fourth-order valence-corrected chi connectivity index (χ4v) is 3.89. The van der Waals surface area contributed by atoms with Crippen LogP contribution in [0.25, 0.3) is 11.1 Å². The third-order valence-corrected chi connectivity index (χ3v) is 5.61. The quantitative estimate of drug-likeness (QED) is 0.679. The number of rotatable bonds is 6. The molecule has 0 aliphatic carbocycles. The first-order valence-electron chi connectivity index (χ1n) is 9.94. The highest BCUT2D eigenvalue weighted by atomic mass is 16.5. The van der Waals surface area contributed by atoms with E-state index in [4.69, 9.17) is 4.74 Å². The summed E-state index contributed by atoms with van der Waals surface area (Å²) < 4.78 is 7.12. The summed E-state index contributed by atoms with van der Waals surface area (Å²) in [6.45, 7) is 2.11. The summed E-state index contributed by atoms with van der Waals surface area (Å²) in [7, 11) is 1.67. The molecule has 2 N–H and O–H groups in total. The van der Waals surface area contributed by atoms with Crippen LogP contribution in [0.2, 0.25) is 0 Å². The van der Waals surface area contributed by atoms with Crippen LogP contribution in [0, 0.1) is 0 Å². The lowest BCUT2D eigenvalue weighted by molar-refractivity contribution is -0.132. The van der Waals surface area contributed by atoms with E-state index in [1.54, 1.807) is 13.3 Å². The normalized spacial score (nSPS) is 15.6. The van der Waals surface area contributed by atoms with Crippen molar-refractivity contribution in [2.45, 2.75) is 24.9 Å². The van der Waals surface area contributed by atoms with Gasteiger partial charge in [0.25, 0.3) is 0 Å². The number of ether oxygens (including phenoxy) is 1. The maximum Gasteiger partial charge on any atom is 0.248 e. The molecule has 0 atom stereocenters. The number of carbonyl (C=O) groups excluding carboxylic acids is 1. The van der Waals surface area contributed by atoms with Crippen LogP contribution >= 0.6 is 0 Å². The Balaban J connectivity index is 1.45. The minimum atomic E-state index is -0.616. The van der Waals surface area contributed by atoms with Gasteiger partial charge in [0.2, 0.25) is 5.91 Å². The van der Waals surface area contributed by atoms with Gasteiger partial charge >= 0.3 is 0 Å². The molecule has 0 unspecified atom stereocenters. The summed E-state index contributed by atoms with van der Waals surface area (Å²) in [4.78, 5) is 13.1. The van der Waals surface area contributed by atoms with Gasteiger partial charge in [-0.15, -0.1) is 0 Å². The van der Waals surface area contributed by atoms with Gasteiger partial charge in [-0.1, -0.05) is 36.4 Å².